The Labute approximate surface area is 203 Å². The molecule has 1 amide bonds. The molecule has 0 radical (unpaired) electrons. The van der Waals surface area contributed by atoms with Crippen molar-refractivity contribution in [1.82, 2.24) is 0 Å². The molecule has 0 bridgehead atoms. The Hall–Kier alpha value is -3.28. The first-order valence-corrected chi connectivity index (χ1v) is 10.9. The standard InChI is InChI=1S/C21H23NO6.CH3NO.2CH4O/c1-28-14-4-2-3-11-15(14)21(27)17-16(19(11)25)20(26)12-7-9(13(22)8-23)5-6-10(12)18(17)24;2-1-3;2*1-2/h2-4,9,11,15-17,22-24,26H,5-8H2,1H3;1H,(H2,2,3);2*2H,1H3. The smallest absolute Gasteiger partial charge is 0.204 e. The van der Waals surface area contributed by atoms with Crippen molar-refractivity contribution in [3.63, 3.8) is 0 Å². The summed E-state index contributed by atoms with van der Waals surface area (Å²) in [4.78, 5) is 35.0. The van der Waals surface area contributed by atoms with Crippen molar-refractivity contribution in [2.75, 3.05) is 27.9 Å². The number of rotatable bonds is 3. The maximum atomic E-state index is 13.3. The van der Waals surface area contributed by atoms with Crippen molar-refractivity contribution in [3.05, 3.63) is 46.7 Å². The lowest BCUT2D eigenvalue weighted by atomic mass is 9.59. The van der Waals surface area contributed by atoms with E-state index >= 15 is 0 Å². The van der Waals surface area contributed by atoms with Crippen molar-refractivity contribution in [1.29, 1.82) is 5.41 Å². The molecular weight excluding hydrogens is 460 g/mol. The summed E-state index contributed by atoms with van der Waals surface area (Å²) in [6.07, 6.45) is 6.38. The first kappa shape index (κ1) is 29.8. The zero-order valence-electron chi connectivity index (χ0n) is 20.0. The minimum Gasteiger partial charge on any atom is -0.511 e. The zero-order chi connectivity index (χ0) is 26.9. The Kier molecular flexibility index (Phi) is 11.5. The number of nitrogens with one attached hydrogen (secondary N) is 1. The van der Waals surface area contributed by atoms with Crippen LogP contribution in [0, 0.1) is 35.0 Å². The lowest BCUT2D eigenvalue weighted by molar-refractivity contribution is -0.145. The monoisotopic (exact) mass is 494 g/mol. The van der Waals surface area contributed by atoms with Crippen molar-refractivity contribution in [2.24, 2.45) is 35.3 Å². The number of carbonyl (C=O) groups is 3. The van der Waals surface area contributed by atoms with Gasteiger partial charge in [-0.15, -0.1) is 0 Å². The number of aliphatic hydroxyl groups is 5. The van der Waals surface area contributed by atoms with Gasteiger partial charge in [0.1, 0.15) is 17.3 Å². The first-order chi connectivity index (χ1) is 16.8. The third kappa shape index (κ3) is 5.53. The molecule has 0 aromatic carbocycles. The Balaban J connectivity index is 0.000000797. The SMILES string of the molecule is CO.CO.COC1=CC=CC2C(=O)C3C(O)=C4CC(C(=N)CO)CCC4=C(O)C3C(=O)C12.NC=O. The number of primary amides is 1. The fourth-order valence-electron chi connectivity index (χ4n) is 5.03. The summed E-state index contributed by atoms with van der Waals surface area (Å²) in [7, 11) is 3.44. The quantitative estimate of drug-likeness (QED) is 0.214. The van der Waals surface area contributed by atoms with E-state index in [4.69, 9.17) is 25.2 Å². The van der Waals surface area contributed by atoms with Crippen LogP contribution in [0.3, 0.4) is 0 Å². The summed E-state index contributed by atoms with van der Waals surface area (Å²) in [6, 6.07) is 0. The van der Waals surface area contributed by atoms with Crippen molar-refractivity contribution in [2.45, 2.75) is 19.3 Å². The minimum atomic E-state index is -1.12. The molecule has 0 spiro atoms. The molecule has 5 atom stereocenters. The number of Topliss-reactive ketones (excluding diaryl/α,β-unsaturated/α-hetero) is 2. The molecule has 4 aliphatic rings. The number of carbonyl (C=O) groups excluding carboxylic acids is 3. The van der Waals surface area contributed by atoms with E-state index < -0.39 is 23.7 Å². The van der Waals surface area contributed by atoms with Crippen LogP contribution in [0.15, 0.2) is 46.7 Å². The van der Waals surface area contributed by atoms with Gasteiger partial charge in [-0.1, -0.05) is 12.2 Å². The second-order valence-electron chi connectivity index (χ2n) is 7.91. The topological polar surface area (TPSA) is 211 Å². The van der Waals surface area contributed by atoms with Crippen LogP contribution in [0.25, 0.3) is 0 Å². The molecule has 2 fully saturated rings. The van der Waals surface area contributed by atoms with Crippen LogP contribution in [0.2, 0.25) is 0 Å². The van der Waals surface area contributed by atoms with E-state index in [0.29, 0.717) is 29.7 Å². The molecule has 0 aliphatic heterocycles. The molecule has 8 N–H and O–H groups in total. The highest BCUT2D eigenvalue weighted by Crippen LogP contribution is 2.51. The predicted molar refractivity (Wildman–Crippen MR) is 126 cm³/mol. The molecule has 0 aromatic heterocycles. The van der Waals surface area contributed by atoms with Gasteiger partial charge in [-0.2, -0.15) is 0 Å². The highest BCUT2D eigenvalue weighted by molar-refractivity contribution is 6.05. The van der Waals surface area contributed by atoms with E-state index in [1.807, 2.05) is 0 Å². The van der Waals surface area contributed by atoms with Crippen LogP contribution in [-0.2, 0) is 19.1 Å². The zero-order valence-corrected chi connectivity index (χ0v) is 20.0. The Bertz CT molecular complexity index is 949. The summed E-state index contributed by atoms with van der Waals surface area (Å²) in [6.45, 7) is -0.367. The van der Waals surface area contributed by atoms with Crippen LogP contribution in [0.1, 0.15) is 19.3 Å². The molecule has 2 saturated carbocycles. The van der Waals surface area contributed by atoms with Gasteiger partial charge in [0.05, 0.1) is 37.4 Å². The highest BCUT2D eigenvalue weighted by Gasteiger charge is 2.56. The Morgan fingerprint density at radius 2 is 1.63 bits per heavy atom. The highest BCUT2D eigenvalue weighted by atomic mass is 16.5. The van der Waals surface area contributed by atoms with Gasteiger partial charge in [-0.25, -0.2) is 0 Å². The average molecular weight is 495 g/mol. The Morgan fingerprint density at radius 3 is 2.17 bits per heavy atom. The van der Waals surface area contributed by atoms with Gasteiger partial charge in [0, 0.05) is 25.8 Å². The largest absolute Gasteiger partial charge is 0.511 e. The number of ketones is 2. The number of aliphatic hydroxyl groups excluding tert-OH is 5. The molecule has 11 nitrogen and oxygen atoms in total. The van der Waals surface area contributed by atoms with E-state index in [1.165, 1.54) is 7.11 Å². The lowest BCUT2D eigenvalue weighted by Crippen LogP contribution is -2.51. The molecule has 194 valence electrons. The van der Waals surface area contributed by atoms with Crippen LogP contribution >= 0.6 is 0 Å². The van der Waals surface area contributed by atoms with Gasteiger partial charge in [0.15, 0.2) is 11.6 Å². The molecule has 4 aliphatic carbocycles. The van der Waals surface area contributed by atoms with E-state index in [0.717, 1.165) is 14.2 Å². The van der Waals surface area contributed by atoms with Gasteiger partial charge in [0.2, 0.25) is 6.41 Å². The average Bonchev–Trinajstić information content (AvgIpc) is 2.90. The summed E-state index contributed by atoms with van der Waals surface area (Å²) >= 11 is 0. The number of methoxy groups -OCH3 is 1. The van der Waals surface area contributed by atoms with E-state index in [2.05, 4.69) is 5.73 Å². The number of hydrogen-bond acceptors (Lipinski definition) is 10. The van der Waals surface area contributed by atoms with Crippen LogP contribution < -0.4 is 5.73 Å². The fourth-order valence-corrected chi connectivity index (χ4v) is 5.03. The van der Waals surface area contributed by atoms with Crippen molar-refractivity contribution in [3.8, 4) is 0 Å². The molecule has 0 aromatic rings. The summed E-state index contributed by atoms with van der Waals surface area (Å²) in [5.74, 6) is -4.58. The second kappa shape index (κ2) is 13.6. The number of ether oxygens (including phenoxy) is 1. The molecule has 4 rings (SSSR count). The van der Waals surface area contributed by atoms with E-state index in [1.54, 1.807) is 18.2 Å². The fraction of sp³-hybridized carbons (Fsp3) is 0.500. The number of allylic oxidation sites excluding steroid dienone is 8. The van der Waals surface area contributed by atoms with Gasteiger partial charge in [-0.05, 0) is 36.5 Å². The summed E-state index contributed by atoms with van der Waals surface area (Å²) in [5.41, 5.74) is 5.27. The molecular formula is C24H34N2O9. The molecule has 0 heterocycles. The van der Waals surface area contributed by atoms with E-state index in [9.17, 15) is 24.9 Å². The molecule has 5 unspecified atom stereocenters. The third-order valence-electron chi connectivity index (χ3n) is 6.49. The van der Waals surface area contributed by atoms with Crippen LogP contribution in [0.5, 0.6) is 0 Å². The normalized spacial score (nSPS) is 28.3. The van der Waals surface area contributed by atoms with Crippen molar-refractivity contribution < 1.29 is 44.7 Å². The predicted octanol–water partition coefficient (Wildman–Crippen LogP) is 0.472. The maximum absolute atomic E-state index is 13.3. The van der Waals surface area contributed by atoms with Crippen LogP contribution in [0.4, 0.5) is 0 Å². The number of hydrogen-bond donors (Lipinski definition) is 7. The van der Waals surface area contributed by atoms with Crippen molar-refractivity contribution >= 4 is 23.7 Å². The third-order valence-corrected chi connectivity index (χ3v) is 6.49. The van der Waals surface area contributed by atoms with Gasteiger partial charge in [-0.3, -0.25) is 14.4 Å². The first-order valence-electron chi connectivity index (χ1n) is 10.9. The Morgan fingerprint density at radius 1 is 1.09 bits per heavy atom. The number of nitrogens with two attached hydrogens (primary N) is 1. The number of amides is 1. The van der Waals surface area contributed by atoms with Crippen LogP contribution in [-0.4, -0.2) is 77.2 Å². The summed E-state index contributed by atoms with van der Waals surface area (Å²) < 4.78 is 5.30. The van der Waals surface area contributed by atoms with Gasteiger partial charge < -0.3 is 41.4 Å². The summed E-state index contributed by atoms with van der Waals surface area (Å²) in [5, 5.41) is 53.0. The minimum absolute atomic E-state index is 0.145. The van der Waals surface area contributed by atoms with Gasteiger partial charge >= 0.3 is 0 Å². The lowest BCUT2D eigenvalue weighted by Gasteiger charge is -2.43. The maximum Gasteiger partial charge on any atom is 0.204 e. The molecule has 11 heteroatoms. The second-order valence-corrected chi connectivity index (χ2v) is 7.91. The van der Waals surface area contributed by atoms with E-state index in [-0.39, 0.29) is 54.2 Å². The molecule has 0 saturated heterocycles. The number of fused-ring (bicyclic) bond motifs is 3. The van der Waals surface area contributed by atoms with Gasteiger partial charge in [0.25, 0.3) is 0 Å². The molecule has 35 heavy (non-hydrogen) atoms.